The molecule has 0 aromatic rings. The Labute approximate surface area is 107 Å². The second kappa shape index (κ2) is 5.71. The van der Waals surface area contributed by atoms with E-state index in [1.165, 1.54) is 57.8 Å². The third-order valence-corrected chi connectivity index (χ3v) is 4.95. The quantitative estimate of drug-likeness (QED) is 0.818. The van der Waals surface area contributed by atoms with Crippen LogP contribution in [-0.2, 0) is 0 Å². The molecule has 0 aliphatic heterocycles. The minimum absolute atomic E-state index is 0.119. The number of likely N-dealkylation sites (N-methyl/N-ethyl adjacent to an activating group) is 1. The van der Waals surface area contributed by atoms with Gasteiger partial charge in [0.25, 0.3) is 0 Å². The molecular formula is C15H30N2. The first-order valence-corrected chi connectivity index (χ1v) is 7.58. The fraction of sp³-hybridized carbons (Fsp3) is 1.00. The van der Waals surface area contributed by atoms with Gasteiger partial charge in [-0.3, -0.25) is 0 Å². The van der Waals surface area contributed by atoms with Gasteiger partial charge in [0, 0.05) is 18.1 Å². The highest BCUT2D eigenvalue weighted by molar-refractivity contribution is 4.91. The van der Waals surface area contributed by atoms with Crippen LogP contribution in [0.1, 0.15) is 64.7 Å². The van der Waals surface area contributed by atoms with Gasteiger partial charge in [0.2, 0.25) is 0 Å². The molecule has 0 saturated heterocycles. The van der Waals surface area contributed by atoms with Crippen LogP contribution in [0.5, 0.6) is 0 Å². The fourth-order valence-electron chi connectivity index (χ4n) is 3.84. The lowest BCUT2D eigenvalue weighted by molar-refractivity contribution is 0.117. The lowest BCUT2D eigenvalue weighted by Crippen LogP contribution is -2.53. The van der Waals surface area contributed by atoms with Crippen LogP contribution >= 0.6 is 0 Å². The molecule has 0 bridgehead atoms. The van der Waals surface area contributed by atoms with Gasteiger partial charge >= 0.3 is 0 Å². The monoisotopic (exact) mass is 238 g/mol. The predicted octanol–water partition coefficient (Wildman–Crippen LogP) is 3.16. The molecule has 0 spiro atoms. The highest BCUT2D eigenvalue weighted by atomic mass is 15.2. The molecule has 0 radical (unpaired) electrons. The largest absolute Gasteiger partial charge is 0.324 e. The van der Waals surface area contributed by atoms with Crippen LogP contribution in [0, 0.1) is 5.92 Å². The average molecular weight is 238 g/mol. The molecule has 2 unspecified atom stereocenters. The van der Waals surface area contributed by atoms with Crippen LogP contribution in [-0.4, -0.2) is 30.1 Å². The van der Waals surface area contributed by atoms with Crippen molar-refractivity contribution in [1.29, 1.82) is 0 Å². The second-order valence-electron chi connectivity index (χ2n) is 6.76. The number of hydrogen-bond donors (Lipinski definition) is 1. The minimum Gasteiger partial charge on any atom is -0.324 e. The van der Waals surface area contributed by atoms with E-state index in [4.69, 9.17) is 5.73 Å². The normalized spacial score (nSPS) is 33.9. The fourth-order valence-corrected chi connectivity index (χ4v) is 3.84. The summed E-state index contributed by atoms with van der Waals surface area (Å²) in [7, 11) is 2.30. The summed E-state index contributed by atoms with van der Waals surface area (Å²) in [4.78, 5) is 2.57. The zero-order valence-corrected chi connectivity index (χ0v) is 11.8. The number of nitrogens with zero attached hydrogens (tertiary/aromatic N) is 1. The summed E-state index contributed by atoms with van der Waals surface area (Å²) in [5.74, 6) is 0.913. The van der Waals surface area contributed by atoms with E-state index in [-0.39, 0.29) is 5.54 Å². The number of hydrogen-bond acceptors (Lipinski definition) is 2. The molecule has 0 heterocycles. The third kappa shape index (κ3) is 3.69. The molecule has 2 rings (SSSR count). The molecule has 0 amide bonds. The van der Waals surface area contributed by atoms with Crippen molar-refractivity contribution in [2.45, 2.75) is 76.3 Å². The molecule has 2 saturated carbocycles. The molecule has 17 heavy (non-hydrogen) atoms. The molecule has 2 nitrogen and oxygen atoms in total. The van der Waals surface area contributed by atoms with Crippen molar-refractivity contribution < 1.29 is 0 Å². The van der Waals surface area contributed by atoms with E-state index in [2.05, 4.69) is 18.9 Å². The van der Waals surface area contributed by atoms with Crippen molar-refractivity contribution in [2.24, 2.45) is 11.7 Å². The SMILES string of the molecule is CC1CCCC(N(C)CC2(N)CCCCC2)C1. The van der Waals surface area contributed by atoms with Crippen molar-refractivity contribution in [3.05, 3.63) is 0 Å². The average Bonchev–Trinajstić information content (AvgIpc) is 2.29. The Hall–Kier alpha value is -0.0800. The molecule has 2 fully saturated rings. The Balaban J connectivity index is 1.84. The predicted molar refractivity (Wildman–Crippen MR) is 74.1 cm³/mol. The maximum atomic E-state index is 6.56. The highest BCUT2D eigenvalue weighted by Crippen LogP contribution is 2.30. The van der Waals surface area contributed by atoms with Crippen LogP contribution in [0.2, 0.25) is 0 Å². The first-order valence-electron chi connectivity index (χ1n) is 7.58. The van der Waals surface area contributed by atoms with Gasteiger partial charge in [0.15, 0.2) is 0 Å². The molecule has 2 heteroatoms. The summed E-state index contributed by atoms with van der Waals surface area (Å²) in [6.07, 6.45) is 12.1. The Morgan fingerprint density at radius 1 is 1.12 bits per heavy atom. The molecule has 100 valence electrons. The van der Waals surface area contributed by atoms with Crippen LogP contribution in [0.25, 0.3) is 0 Å². The molecule has 0 aromatic heterocycles. The van der Waals surface area contributed by atoms with Gasteiger partial charge in [-0.25, -0.2) is 0 Å². The van der Waals surface area contributed by atoms with E-state index in [1.54, 1.807) is 0 Å². The smallest absolute Gasteiger partial charge is 0.0283 e. The van der Waals surface area contributed by atoms with Crippen LogP contribution < -0.4 is 5.73 Å². The van der Waals surface area contributed by atoms with Crippen molar-refractivity contribution in [3.63, 3.8) is 0 Å². The van der Waals surface area contributed by atoms with E-state index in [0.29, 0.717) is 0 Å². The van der Waals surface area contributed by atoms with Crippen LogP contribution in [0.4, 0.5) is 0 Å². The maximum absolute atomic E-state index is 6.56. The van der Waals surface area contributed by atoms with Gasteiger partial charge in [-0.1, -0.05) is 39.0 Å². The lowest BCUT2D eigenvalue weighted by Gasteiger charge is -2.41. The minimum atomic E-state index is 0.119. The van der Waals surface area contributed by atoms with Crippen LogP contribution in [0.3, 0.4) is 0 Å². The molecule has 2 atom stereocenters. The van der Waals surface area contributed by atoms with Crippen molar-refractivity contribution in [2.75, 3.05) is 13.6 Å². The van der Waals surface area contributed by atoms with E-state index >= 15 is 0 Å². The van der Waals surface area contributed by atoms with E-state index in [0.717, 1.165) is 18.5 Å². The van der Waals surface area contributed by atoms with E-state index in [9.17, 15) is 0 Å². The third-order valence-electron chi connectivity index (χ3n) is 4.95. The molecular weight excluding hydrogens is 208 g/mol. The maximum Gasteiger partial charge on any atom is 0.0283 e. The lowest BCUT2D eigenvalue weighted by atomic mass is 9.81. The van der Waals surface area contributed by atoms with Crippen molar-refractivity contribution in [3.8, 4) is 0 Å². The summed E-state index contributed by atoms with van der Waals surface area (Å²) in [6, 6.07) is 0.793. The summed E-state index contributed by atoms with van der Waals surface area (Å²) in [5.41, 5.74) is 6.68. The van der Waals surface area contributed by atoms with E-state index in [1.807, 2.05) is 0 Å². The molecule has 0 aromatic carbocycles. The zero-order chi connectivity index (χ0) is 12.3. The van der Waals surface area contributed by atoms with Crippen molar-refractivity contribution in [1.82, 2.24) is 4.90 Å². The summed E-state index contributed by atoms with van der Waals surface area (Å²) < 4.78 is 0. The van der Waals surface area contributed by atoms with Gasteiger partial charge in [0.1, 0.15) is 0 Å². The van der Waals surface area contributed by atoms with Gasteiger partial charge in [-0.05, 0) is 38.6 Å². The summed E-state index contributed by atoms with van der Waals surface area (Å²) in [6.45, 7) is 3.52. The number of rotatable bonds is 3. The first kappa shape index (κ1) is 13.4. The standard InChI is InChI=1S/C15H30N2/c1-13-7-6-8-14(11-13)17(2)12-15(16)9-4-3-5-10-15/h13-14H,3-12,16H2,1-2H3. The topological polar surface area (TPSA) is 29.3 Å². The van der Waals surface area contributed by atoms with Gasteiger partial charge in [-0.15, -0.1) is 0 Å². The Kier molecular flexibility index (Phi) is 4.48. The molecule has 2 aliphatic carbocycles. The molecule has 2 aliphatic rings. The van der Waals surface area contributed by atoms with Crippen molar-refractivity contribution >= 4 is 0 Å². The summed E-state index contributed by atoms with van der Waals surface area (Å²) >= 11 is 0. The Morgan fingerprint density at radius 3 is 2.47 bits per heavy atom. The van der Waals surface area contributed by atoms with Gasteiger partial charge in [0.05, 0.1) is 0 Å². The Bertz CT molecular complexity index is 233. The van der Waals surface area contributed by atoms with Gasteiger partial charge in [-0.2, -0.15) is 0 Å². The number of nitrogens with two attached hydrogens (primary N) is 1. The zero-order valence-electron chi connectivity index (χ0n) is 11.8. The molecule has 2 N–H and O–H groups in total. The Morgan fingerprint density at radius 2 is 1.82 bits per heavy atom. The second-order valence-corrected chi connectivity index (χ2v) is 6.76. The van der Waals surface area contributed by atoms with Crippen LogP contribution in [0.15, 0.2) is 0 Å². The van der Waals surface area contributed by atoms with E-state index < -0.39 is 0 Å². The van der Waals surface area contributed by atoms with Gasteiger partial charge < -0.3 is 10.6 Å². The first-order chi connectivity index (χ1) is 8.09. The highest BCUT2D eigenvalue weighted by Gasteiger charge is 2.31. The summed E-state index contributed by atoms with van der Waals surface area (Å²) in [5, 5.41) is 0.